The highest BCUT2D eigenvalue weighted by Gasteiger charge is 2.34. The van der Waals surface area contributed by atoms with Gasteiger partial charge in [0.25, 0.3) is 0 Å². The number of amides is 1. The second-order valence-corrected chi connectivity index (χ2v) is 9.36. The quantitative estimate of drug-likeness (QED) is 0.417. The summed E-state index contributed by atoms with van der Waals surface area (Å²) in [5.74, 6) is 0.611. The zero-order chi connectivity index (χ0) is 24.1. The van der Waals surface area contributed by atoms with E-state index in [2.05, 4.69) is 25.3 Å². The standard InChI is InChI=1S/C24H29N9O2/c1-3-32-21(8-14(2)30-32)24-27-23(28-29-24)18-9-15(22(25)34)10-20-19(18)11-26-33(20)7-6-31-12-17-5-4-16(31)13-35-17/h8-11,16-17H,3-7,12-13H2,1-2H3,(H2,25,34)(H,27,28,29). The van der Waals surface area contributed by atoms with Gasteiger partial charge in [-0.1, -0.05) is 0 Å². The number of benzene rings is 1. The number of hydrogen-bond donors (Lipinski definition) is 2. The molecule has 0 spiro atoms. The number of fused-ring (bicyclic) bond motifs is 4. The van der Waals surface area contributed by atoms with E-state index in [1.54, 1.807) is 6.07 Å². The first-order valence-corrected chi connectivity index (χ1v) is 12.1. The summed E-state index contributed by atoms with van der Waals surface area (Å²) in [6.45, 7) is 8.06. The third-order valence-corrected chi connectivity index (χ3v) is 7.12. The summed E-state index contributed by atoms with van der Waals surface area (Å²) in [6.07, 6.45) is 4.50. The highest BCUT2D eigenvalue weighted by molar-refractivity contribution is 6.02. The number of carbonyl (C=O) groups is 1. The number of nitrogens with one attached hydrogen (secondary N) is 1. The van der Waals surface area contributed by atoms with E-state index in [9.17, 15) is 4.79 Å². The molecule has 3 saturated heterocycles. The maximum absolute atomic E-state index is 12.2. The van der Waals surface area contributed by atoms with Crippen LogP contribution in [0.1, 0.15) is 35.8 Å². The highest BCUT2D eigenvalue weighted by Crippen LogP contribution is 2.30. The van der Waals surface area contributed by atoms with Gasteiger partial charge in [-0.15, -0.1) is 0 Å². The fraction of sp³-hybridized carbons (Fsp3) is 0.458. The van der Waals surface area contributed by atoms with Crippen molar-refractivity contribution in [3.63, 3.8) is 0 Å². The SMILES string of the molecule is CCn1nc(C)cc1-c1n[nH]c(-c2cc(C(N)=O)cc3c2cnn3CCN2CC3CCC2CO3)n1. The minimum absolute atomic E-state index is 0.343. The number of piperidine rings is 1. The average Bonchev–Trinajstić information content (AvgIpc) is 3.61. The number of morpholine rings is 1. The Bertz CT molecular complexity index is 1390. The van der Waals surface area contributed by atoms with Crippen LogP contribution < -0.4 is 5.73 Å². The van der Waals surface area contributed by atoms with Crippen LogP contribution in [0.25, 0.3) is 33.8 Å². The molecular formula is C24H29N9O2. The molecular weight excluding hydrogens is 446 g/mol. The van der Waals surface area contributed by atoms with Crippen LogP contribution in [0, 0.1) is 6.92 Å². The number of aromatic nitrogens is 7. The van der Waals surface area contributed by atoms with Crippen molar-refractivity contribution in [3.8, 4) is 22.9 Å². The van der Waals surface area contributed by atoms with Crippen LogP contribution in [-0.2, 0) is 17.8 Å². The second kappa shape index (κ2) is 8.58. The molecule has 2 unspecified atom stereocenters. The minimum Gasteiger partial charge on any atom is -0.375 e. The number of carbonyl (C=O) groups excluding carboxylic acids is 1. The van der Waals surface area contributed by atoms with Gasteiger partial charge in [-0.05, 0) is 44.9 Å². The Morgan fingerprint density at radius 1 is 1.23 bits per heavy atom. The number of aromatic amines is 1. The van der Waals surface area contributed by atoms with Gasteiger partial charge in [-0.3, -0.25) is 24.2 Å². The van der Waals surface area contributed by atoms with Crippen molar-refractivity contribution in [2.75, 3.05) is 19.7 Å². The Morgan fingerprint density at radius 3 is 2.83 bits per heavy atom. The molecule has 11 heteroatoms. The molecule has 0 aliphatic carbocycles. The smallest absolute Gasteiger partial charge is 0.248 e. The first-order chi connectivity index (χ1) is 17.0. The van der Waals surface area contributed by atoms with E-state index in [-0.39, 0.29) is 0 Å². The van der Waals surface area contributed by atoms with E-state index in [4.69, 9.17) is 15.5 Å². The molecule has 3 aliphatic rings. The minimum atomic E-state index is -0.495. The topological polar surface area (TPSA) is 133 Å². The number of primary amides is 1. The van der Waals surface area contributed by atoms with Gasteiger partial charge in [0.2, 0.25) is 5.91 Å². The fourth-order valence-electron chi connectivity index (χ4n) is 5.29. The molecule has 3 aliphatic heterocycles. The van der Waals surface area contributed by atoms with E-state index < -0.39 is 5.91 Å². The Kier molecular flexibility index (Phi) is 5.37. The highest BCUT2D eigenvalue weighted by atomic mass is 16.5. The lowest BCUT2D eigenvalue weighted by Gasteiger charge is -2.45. The molecule has 3 aromatic heterocycles. The average molecular weight is 476 g/mol. The third-order valence-electron chi connectivity index (χ3n) is 7.12. The van der Waals surface area contributed by atoms with Crippen LogP contribution in [0.2, 0.25) is 0 Å². The van der Waals surface area contributed by atoms with Crippen LogP contribution >= 0.6 is 0 Å². The predicted molar refractivity (Wildman–Crippen MR) is 130 cm³/mol. The van der Waals surface area contributed by atoms with E-state index in [1.165, 1.54) is 6.42 Å². The molecule has 0 radical (unpaired) electrons. The molecule has 1 amide bonds. The van der Waals surface area contributed by atoms with Gasteiger partial charge in [0.1, 0.15) is 5.69 Å². The molecule has 0 saturated carbocycles. The third kappa shape index (κ3) is 3.90. The Hall–Kier alpha value is -3.57. The second-order valence-electron chi connectivity index (χ2n) is 9.36. The summed E-state index contributed by atoms with van der Waals surface area (Å²) in [5, 5.41) is 17.5. The first kappa shape index (κ1) is 21.9. The monoisotopic (exact) mass is 475 g/mol. The van der Waals surface area contributed by atoms with Crippen molar-refractivity contribution in [3.05, 3.63) is 35.7 Å². The molecule has 7 rings (SSSR count). The fourth-order valence-corrected chi connectivity index (χ4v) is 5.29. The zero-order valence-corrected chi connectivity index (χ0v) is 19.9. The lowest BCUT2D eigenvalue weighted by atomic mass is 9.97. The summed E-state index contributed by atoms with van der Waals surface area (Å²) >= 11 is 0. The molecule has 2 atom stereocenters. The lowest BCUT2D eigenvalue weighted by molar-refractivity contribution is -0.106. The predicted octanol–water partition coefficient (Wildman–Crippen LogP) is 1.98. The van der Waals surface area contributed by atoms with Gasteiger partial charge in [-0.2, -0.15) is 15.3 Å². The molecule has 1 aromatic carbocycles. The van der Waals surface area contributed by atoms with Gasteiger partial charge >= 0.3 is 0 Å². The number of aryl methyl sites for hydroxylation is 2. The van der Waals surface area contributed by atoms with E-state index >= 15 is 0 Å². The van der Waals surface area contributed by atoms with Crippen molar-refractivity contribution < 1.29 is 9.53 Å². The van der Waals surface area contributed by atoms with Gasteiger partial charge in [0, 0.05) is 42.2 Å². The van der Waals surface area contributed by atoms with Crippen molar-refractivity contribution in [1.29, 1.82) is 0 Å². The molecule has 3 N–H and O–H groups in total. The first-order valence-electron chi connectivity index (χ1n) is 12.1. The van der Waals surface area contributed by atoms with Crippen LogP contribution in [0.3, 0.4) is 0 Å². The lowest BCUT2D eigenvalue weighted by Crippen LogP contribution is -2.55. The van der Waals surface area contributed by atoms with Crippen molar-refractivity contribution in [2.45, 2.75) is 51.9 Å². The number of nitrogens with two attached hydrogens (primary N) is 1. The zero-order valence-electron chi connectivity index (χ0n) is 19.9. The van der Waals surface area contributed by atoms with Crippen LogP contribution in [0.15, 0.2) is 24.4 Å². The molecule has 3 fully saturated rings. The molecule has 2 bridgehead atoms. The van der Waals surface area contributed by atoms with E-state index in [0.29, 0.717) is 42.4 Å². The molecule has 6 heterocycles. The molecule has 4 aromatic rings. The van der Waals surface area contributed by atoms with Crippen molar-refractivity contribution in [2.24, 2.45) is 5.73 Å². The van der Waals surface area contributed by atoms with E-state index in [1.807, 2.05) is 41.5 Å². The molecule has 182 valence electrons. The summed E-state index contributed by atoms with van der Waals surface area (Å²) in [4.78, 5) is 19.4. The van der Waals surface area contributed by atoms with Gasteiger partial charge < -0.3 is 10.5 Å². The van der Waals surface area contributed by atoms with Crippen LogP contribution in [0.4, 0.5) is 0 Å². The maximum Gasteiger partial charge on any atom is 0.248 e. The van der Waals surface area contributed by atoms with E-state index in [0.717, 1.165) is 54.0 Å². The Balaban J connectivity index is 1.34. The van der Waals surface area contributed by atoms with Crippen molar-refractivity contribution in [1.82, 2.24) is 39.6 Å². The molecule has 35 heavy (non-hydrogen) atoms. The summed E-state index contributed by atoms with van der Waals surface area (Å²) in [5.41, 5.74) is 9.43. The van der Waals surface area contributed by atoms with Crippen LogP contribution in [-0.4, -0.2) is 77.4 Å². The van der Waals surface area contributed by atoms with Gasteiger partial charge in [-0.25, -0.2) is 4.98 Å². The van der Waals surface area contributed by atoms with Gasteiger partial charge in [0.05, 0.1) is 36.7 Å². The Labute approximate surface area is 202 Å². The normalized spacial score (nSPS) is 20.2. The maximum atomic E-state index is 12.2. The van der Waals surface area contributed by atoms with Crippen molar-refractivity contribution >= 4 is 16.8 Å². The largest absolute Gasteiger partial charge is 0.375 e. The van der Waals surface area contributed by atoms with Crippen LogP contribution in [0.5, 0.6) is 0 Å². The molecule has 11 nitrogen and oxygen atoms in total. The Morgan fingerprint density at radius 2 is 2.11 bits per heavy atom. The number of H-pyrrole nitrogens is 1. The summed E-state index contributed by atoms with van der Waals surface area (Å²) < 4.78 is 9.65. The summed E-state index contributed by atoms with van der Waals surface area (Å²) in [6, 6.07) is 6.00. The number of hydrogen-bond acceptors (Lipinski definition) is 7. The van der Waals surface area contributed by atoms with Gasteiger partial charge in [0.15, 0.2) is 11.6 Å². The number of ether oxygens (including phenoxy) is 1. The number of nitrogens with zero attached hydrogens (tertiary/aromatic N) is 7. The number of rotatable bonds is 7. The summed E-state index contributed by atoms with van der Waals surface area (Å²) in [7, 11) is 0.